The van der Waals surface area contributed by atoms with E-state index in [1.54, 1.807) is 0 Å². The Hall–Kier alpha value is -1.37. The highest BCUT2D eigenvalue weighted by atomic mass is 16.5. The molecule has 0 radical (unpaired) electrons. The Kier molecular flexibility index (Phi) is 2.49. The van der Waals surface area contributed by atoms with Crippen LogP contribution in [0.25, 0.3) is 0 Å². The minimum atomic E-state index is 0.0581. The fourth-order valence-electron chi connectivity index (χ4n) is 1.63. The van der Waals surface area contributed by atoms with E-state index in [4.69, 9.17) is 10.00 Å². The van der Waals surface area contributed by atoms with Crippen LogP contribution in [-0.2, 0) is 4.74 Å². The molecule has 2 rings (SSSR count). The lowest BCUT2D eigenvalue weighted by Crippen LogP contribution is -2.18. The first kappa shape index (κ1) is 9.20. The number of hydrogen-bond donors (Lipinski definition) is 0. The third-order valence-corrected chi connectivity index (χ3v) is 2.44. The fraction of sp³-hybridized carbons (Fsp3) is 0.364. The predicted molar refractivity (Wildman–Crippen MR) is 52.5 cm³/mol. The van der Waals surface area contributed by atoms with Gasteiger partial charge in [0.15, 0.2) is 0 Å². The monoisotopic (exact) mass is 188 g/mol. The predicted octanol–water partition coefficient (Wildman–Crippen LogP) is 1.52. The van der Waals surface area contributed by atoms with E-state index in [9.17, 15) is 0 Å². The van der Waals surface area contributed by atoms with Gasteiger partial charge in [0.1, 0.15) is 6.23 Å². The Morgan fingerprint density at radius 2 is 2.14 bits per heavy atom. The Bertz CT molecular complexity index is 353. The van der Waals surface area contributed by atoms with Crippen LogP contribution in [0.15, 0.2) is 24.3 Å². The van der Waals surface area contributed by atoms with Gasteiger partial charge in [0, 0.05) is 6.54 Å². The van der Waals surface area contributed by atoms with Gasteiger partial charge in [0.2, 0.25) is 0 Å². The maximum absolute atomic E-state index is 8.65. The van der Waals surface area contributed by atoms with Crippen LogP contribution in [0.3, 0.4) is 0 Å². The standard InChI is InChI=1S/C11H12N2O/c1-13-6-7-14-11(13)10-4-2-9(8-12)3-5-10/h2-5,11H,6-7H2,1H3. The summed E-state index contributed by atoms with van der Waals surface area (Å²) in [6.07, 6.45) is 0.0581. The van der Waals surface area contributed by atoms with Crippen molar-refractivity contribution >= 4 is 0 Å². The number of rotatable bonds is 1. The summed E-state index contributed by atoms with van der Waals surface area (Å²) < 4.78 is 5.57. The van der Waals surface area contributed by atoms with Crippen LogP contribution in [0.1, 0.15) is 17.4 Å². The smallest absolute Gasteiger partial charge is 0.136 e. The van der Waals surface area contributed by atoms with E-state index in [1.807, 2.05) is 31.3 Å². The summed E-state index contributed by atoms with van der Waals surface area (Å²) in [6, 6.07) is 9.65. The quantitative estimate of drug-likeness (QED) is 0.670. The second-order valence-corrected chi connectivity index (χ2v) is 3.44. The van der Waals surface area contributed by atoms with Crippen molar-refractivity contribution in [3.63, 3.8) is 0 Å². The maximum atomic E-state index is 8.65. The highest BCUT2D eigenvalue weighted by Crippen LogP contribution is 2.24. The molecule has 1 aliphatic rings. The van der Waals surface area contributed by atoms with Crippen LogP contribution < -0.4 is 0 Å². The summed E-state index contributed by atoms with van der Waals surface area (Å²) in [5.41, 5.74) is 1.80. The number of nitriles is 1. The van der Waals surface area contributed by atoms with Crippen LogP contribution in [0.2, 0.25) is 0 Å². The zero-order chi connectivity index (χ0) is 9.97. The molecule has 1 fully saturated rings. The molecule has 0 spiro atoms. The molecule has 1 aliphatic heterocycles. The third kappa shape index (κ3) is 1.63. The summed E-state index contributed by atoms with van der Waals surface area (Å²) in [6.45, 7) is 1.74. The molecule has 0 N–H and O–H groups in total. The Balaban J connectivity index is 2.21. The number of benzene rings is 1. The second kappa shape index (κ2) is 3.79. The van der Waals surface area contributed by atoms with Gasteiger partial charge in [-0.15, -0.1) is 0 Å². The molecule has 0 aliphatic carbocycles. The molecule has 3 nitrogen and oxygen atoms in total. The van der Waals surface area contributed by atoms with Crippen molar-refractivity contribution in [1.82, 2.24) is 4.90 Å². The number of ether oxygens (including phenoxy) is 1. The topological polar surface area (TPSA) is 36.3 Å². The fourth-order valence-corrected chi connectivity index (χ4v) is 1.63. The summed E-state index contributed by atoms with van der Waals surface area (Å²) >= 11 is 0. The number of nitrogens with zero attached hydrogens (tertiary/aromatic N) is 2. The summed E-state index contributed by atoms with van der Waals surface area (Å²) in [5, 5.41) is 8.65. The lowest BCUT2D eigenvalue weighted by Gasteiger charge is -2.17. The molecule has 1 heterocycles. The second-order valence-electron chi connectivity index (χ2n) is 3.44. The minimum absolute atomic E-state index is 0.0581. The van der Waals surface area contributed by atoms with Gasteiger partial charge < -0.3 is 4.74 Å². The molecule has 0 saturated carbocycles. The lowest BCUT2D eigenvalue weighted by molar-refractivity contribution is 0.0454. The zero-order valence-corrected chi connectivity index (χ0v) is 8.10. The van der Waals surface area contributed by atoms with E-state index in [1.165, 1.54) is 0 Å². The average Bonchev–Trinajstić information content (AvgIpc) is 2.65. The van der Waals surface area contributed by atoms with Gasteiger partial charge >= 0.3 is 0 Å². The molecule has 0 aromatic heterocycles. The van der Waals surface area contributed by atoms with Gasteiger partial charge in [-0.3, -0.25) is 4.90 Å². The van der Waals surface area contributed by atoms with Crippen molar-refractivity contribution in [2.75, 3.05) is 20.2 Å². The molecule has 3 heteroatoms. The van der Waals surface area contributed by atoms with Gasteiger partial charge in [-0.05, 0) is 24.7 Å². The molecule has 1 aromatic rings. The number of likely N-dealkylation sites (N-methyl/N-ethyl adjacent to an activating group) is 1. The van der Waals surface area contributed by atoms with Crippen molar-refractivity contribution in [1.29, 1.82) is 5.26 Å². The Morgan fingerprint density at radius 1 is 1.43 bits per heavy atom. The third-order valence-electron chi connectivity index (χ3n) is 2.44. The van der Waals surface area contributed by atoms with Crippen LogP contribution in [0.4, 0.5) is 0 Å². The molecular formula is C11H12N2O. The maximum Gasteiger partial charge on any atom is 0.136 e. The summed E-state index contributed by atoms with van der Waals surface area (Å²) in [4.78, 5) is 2.15. The first-order valence-electron chi connectivity index (χ1n) is 4.63. The van der Waals surface area contributed by atoms with Crippen LogP contribution >= 0.6 is 0 Å². The van der Waals surface area contributed by atoms with E-state index in [-0.39, 0.29) is 6.23 Å². The minimum Gasteiger partial charge on any atom is -0.358 e. The SMILES string of the molecule is CN1CCOC1c1ccc(C#N)cc1. The highest BCUT2D eigenvalue weighted by molar-refractivity contribution is 5.32. The summed E-state index contributed by atoms with van der Waals surface area (Å²) in [7, 11) is 2.04. The average molecular weight is 188 g/mol. The largest absolute Gasteiger partial charge is 0.358 e. The van der Waals surface area contributed by atoms with Crippen molar-refractivity contribution in [2.45, 2.75) is 6.23 Å². The molecule has 72 valence electrons. The van der Waals surface area contributed by atoms with Gasteiger partial charge in [-0.2, -0.15) is 5.26 Å². The normalized spacial score (nSPS) is 22.1. The Morgan fingerprint density at radius 3 is 2.64 bits per heavy atom. The zero-order valence-electron chi connectivity index (χ0n) is 8.10. The molecule has 1 aromatic carbocycles. The van der Waals surface area contributed by atoms with Crippen LogP contribution in [0.5, 0.6) is 0 Å². The van der Waals surface area contributed by atoms with Crippen molar-refractivity contribution < 1.29 is 4.74 Å². The van der Waals surface area contributed by atoms with Crippen LogP contribution in [0, 0.1) is 11.3 Å². The van der Waals surface area contributed by atoms with E-state index in [2.05, 4.69) is 11.0 Å². The van der Waals surface area contributed by atoms with E-state index in [0.29, 0.717) is 5.56 Å². The van der Waals surface area contributed by atoms with Crippen molar-refractivity contribution in [2.24, 2.45) is 0 Å². The molecule has 1 saturated heterocycles. The van der Waals surface area contributed by atoms with E-state index in [0.717, 1.165) is 18.7 Å². The van der Waals surface area contributed by atoms with E-state index < -0.39 is 0 Å². The summed E-state index contributed by atoms with van der Waals surface area (Å²) in [5.74, 6) is 0. The van der Waals surface area contributed by atoms with Gasteiger partial charge in [0.05, 0.1) is 18.2 Å². The van der Waals surface area contributed by atoms with Gasteiger partial charge in [-0.1, -0.05) is 12.1 Å². The first-order chi connectivity index (χ1) is 6.81. The lowest BCUT2D eigenvalue weighted by atomic mass is 10.1. The molecule has 1 atom stereocenters. The van der Waals surface area contributed by atoms with Crippen LogP contribution in [-0.4, -0.2) is 25.1 Å². The highest BCUT2D eigenvalue weighted by Gasteiger charge is 2.22. The first-order valence-corrected chi connectivity index (χ1v) is 4.63. The number of hydrogen-bond acceptors (Lipinski definition) is 3. The van der Waals surface area contributed by atoms with E-state index >= 15 is 0 Å². The molecule has 1 unspecified atom stereocenters. The molecular weight excluding hydrogens is 176 g/mol. The van der Waals surface area contributed by atoms with Crippen molar-refractivity contribution in [3.05, 3.63) is 35.4 Å². The van der Waals surface area contributed by atoms with Gasteiger partial charge in [0.25, 0.3) is 0 Å². The molecule has 14 heavy (non-hydrogen) atoms. The molecule has 0 amide bonds. The van der Waals surface area contributed by atoms with Gasteiger partial charge in [-0.25, -0.2) is 0 Å². The Labute approximate surface area is 83.5 Å². The molecule has 0 bridgehead atoms. The van der Waals surface area contributed by atoms with Crippen molar-refractivity contribution in [3.8, 4) is 6.07 Å².